The molecule has 0 spiro atoms. The van der Waals surface area contributed by atoms with Gasteiger partial charge in [-0.05, 0) is 30.7 Å². The molecule has 1 aromatic heterocycles. The minimum absolute atomic E-state index is 0.120. The zero-order valence-electron chi connectivity index (χ0n) is 13.1. The Labute approximate surface area is 141 Å². The number of pyridine rings is 1. The summed E-state index contributed by atoms with van der Waals surface area (Å²) < 4.78 is 44.6. The number of carbonyl (C=O) groups is 2. The van der Waals surface area contributed by atoms with Crippen molar-refractivity contribution >= 4 is 11.8 Å². The Hall–Kier alpha value is -2.90. The second kappa shape index (κ2) is 7.33. The van der Waals surface area contributed by atoms with E-state index in [9.17, 15) is 27.9 Å². The summed E-state index contributed by atoms with van der Waals surface area (Å²) in [7, 11) is 0. The monoisotopic (exact) mass is 353 g/mol. The molecule has 0 saturated heterocycles. The highest BCUT2D eigenvalue weighted by atomic mass is 19.4. The van der Waals surface area contributed by atoms with Crippen molar-refractivity contribution in [3.63, 3.8) is 0 Å². The average Bonchev–Trinajstić information content (AvgIpc) is 2.55. The molecule has 2 aromatic rings. The van der Waals surface area contributed by atoms with E-state index in [2.05, 4.69) is 4.98 Å². The van der Waals surface area contributed by atoms with Crippen LogP contribution in [0.25, 0.3) is 0 Å². The lowest BCUT2D eigenvalue weighted by atomic mass is 9.88. The zero-order chi connectivity index (χ0) is 18.6. The molecule has 0 fully saturated rings. The maximum absolute atomic E-state index is 13.3. The predicted molar refractivity (Wildman–Crippen MR) is 81.1 cm³/mol. The second-order valence-corrected chi connectivity index (χ2v) is 5.01. The number of rotatable bonds is 5. The maximum atomic E-state index is 13.3. The van der Waals surface area contributed by atoms with Crippen LogP contribution in [0.3, 0.4) is 0 Å². The van der Waals surface area contributed by atoms with Crippen molar-refractivity contribution in [2.24, 2.45) is 0 Å². The molecule has 0 aliphatic heterocycles. The third-order valence-electron chi connectivity index (χ3n) is 3.38. The smallest absolute Gasteiger partial charge is 0.416 e. The molecule has 0 aliphatic carbocycles. The molecule has 1 atom stereocenters. The van der Waals surface area contributed by atoms with E-state index in [1.54, 1.807) is 0 Å². The number of aromatic hydroxyl groups is 1. The second-order valence-electron chi connectivity index (χ2n) is 5.01. The fourth-order valence-electron chi connectivity index (χ4n) is 2.33. The summed E-state index contributed by atoms with van der Waals surface area (Å²) in [4.78, 5) is 28.6. The number of ketones is 1. The van der Waals surface area contributed by atoms with Gasteiger partial charge in [0.25, 0.3) is 0 Å². The molecule has 0 radical (unpaired) electrons. The van der Waals surface area contributed by atoms with E-state index >= 15 is 0 Å². The number of alkyl halides is 3. The number of esters is 1. The number of hydrogen-bond acceptors (Lipinski definition) is 5. The van der Waals surface area contributed by atoms with E-state index in [-0.39, 0.29) is 6.61 Å². The summed E-state index contributed by atoms with van der Waals surface area (Å²) in [6.45, 7) is 1.35. The van der Waals surface area contributed by atoms with Gasteiger partial charge in [-0.15, -0.1) is 0 Å². The van der Waals surface area contributed by atoms with Gasteiger partial charge in [-0.3, -0.25) is 9.59 Å². The summed E-state index contributed by atoms with van der Waals surface area (Å²) in [6, 6.07) is 6.72. The van der Waals surface area contributed by atoms with E-state index in [0.29, 0.717) is 0 Å². The molecule has 1 unspecified atom stereocenters. The van der Waals surface area contributed by atoms with Crippen LogP contribution in [-0.2, 0) is 15.7 Å². The molecule has 2 rings (SSSR count). The molecule has 1 N–H and O–H groups in total. The van der Waals surface area contributed by atoms with E-state index in [4.69, 9.17) is 4.74 Å². The third kappa shape index (κ3) is 3.96. The van der Waals surface area contributed by atoms with Gasteiger partial charge >= 0.3 is 12.1 Å². The zero-order valence-corrected chi connectivity index (χ0v) is 13.1. The number of carbonyl (C=O) groups excluding carboxylic acids is 2. The topological polar surface area (TPSA) is 76.5 Å². The Morgan fingerprint density at radius 3 is 2.48 bits per heavy atom. The minimum atomic E-state index is -4.77. The van der Waals surface area contributed by atoms with Crippen LogP contribution >= 0.6 is 0 Å². The van der Waals surface area contributed by atoms with Crippen LogP contribution in [0.4, 0.5) is 13.2 Å². The third-order valence-corrected chi connectivity index (χ3v) is 3.38. The molecule has 0 aliphatic rings. The summed E-state index contributed by atoms with van der Waals surface area (Å²) in [5.74, 6) is -4.65. The number of benzene rings is 1. The molecular formula is C17H14F3NO4. The number of ether oxygens (including phenoxy) is 1. The first-order valence-corrected chi connectivity index (χ1v) is 7.28. The summed E-state index contributed by atoms with van der Waals surface area (Å²) in [6.07, 6.45) is -3.58. The van der Waals surface area contributed by atoms with Gasteiger partial charge in [0, 0.05) is 6.20 Å². The number of halogens is 3. The van der Waals surface area contributed by atoms with Crippen LogP contribution in [0.5, 0.6) is 5.75 Å². The lowest BCUT2D eigenvalue weighted by Crippen LogP contribution is -2.27. The molecule has 25 heavy (non-hydrogen) atoms. The van der Waals surface area contributed by atoms with Crippen molar-refractivity contribution in [3.8, 4) is 5.75 Å². The average molecular weight is 353 g/mol. The summed E-state index contributed by atoms with van der Waals surface area (Å²) in [5, 5.41) is 9.76. The standard InChI is InChI=1S/C17H14F3NO4/c1-2-25-16(24)13(15(23)14-12(22)8-5-9-21-14)10-6-3-4-7-11(10)17(18,19)20/h3-9,13,22H,2H2,1H3. The Morgan fingerprint density at radius 2 is 1.88 bits per heavy atom. The fraction of sp³-hybridized carbons (Fsp3) is 0.235. The van der Waals surface area contributed by atoms with Gasteiger partial charge in [-0.2, -0.15) is 13.2 Å². The van der Waals surface area contributed by atoms with Gasteiger partial charge in [0.1, 0.15) is 17.4 Å². The van der Waals surface area contributed by atoms with E-state index in [1.165, 1.54) is 25.3 Å². The molecule has 5 nitrogen and oxygen atoms in total. The van der Waals surface area contributed by atoms with Gasteiger partial charge in [-0.1, -0.05) is 18.2 Å². The Kier molecular flexibility index (Phi) is 5.41. The van der Waals surface area contributed by atoms with Crippen LogP contribution < -0.4 is 0 Å². The number of aromatic nitrogens is 1. The molecular weight excluding hydrogens is 339 g/mol. The molecule has 0 amide bonds. The SMILES string of the molecule is CCOC(=O)C(C(=O)c1ncccc1O)c1ccccc1C(F)(F)F. The molecule has 1 aromatic carbocycles. The van der Waals surface area contributed by atoms with Crippen LogP contribution in [0.2, 0.25) is 0 Å². The number of hydrogen-bond donors (Lipinski definition) is 1. The maximum Gasteiger partial charge on any atom is 0.416 e. The van der Waals surface area contributed by atoms with Gasteiger partial charge in [0.2, 0.25) is 5.78 Å². The highest BCUT2D eigenvalue weighted by Gasteiger charge is 2.41. The van der Waals surface area contributed by atoms with E-state index in [1.807, 2.05) is 0 Å². The van der Waals surface area contributed by atoms with Crippen molar-refractivity contribution in [2.45, 2.75) is 19.0 Å². The highest BCUT2D eigenvalue weighted by Crippen LogP contribution is 2.37. The number of Topliss-reactive ketones (excluding diaryl/α,β-unsaturated/α-hetero) is 1. The largest absolute Gasteiger partial charge is 0.506 e. The van der Waals surface area contributed by atoms with Gasteiger partial charge < -0.3 is 9.84 Å². The van der Waals surface area contributed by atoms with Crippen LogP contribution in [0.15, 0.2) is 42.6 Å². The van der Waals surface area contributed by atoms with Crippen molar-refractivity contribution in [1.29, 1.82) is 0 Å². The van der Waals surface area contributed by atoms with E-state index in [0.717, 1.165) is 24.3 Å². The van der Waals surface area contributed by atoms with Crippen molar-refractivity contribution < 1.29 is 32.6 Å². The quantitative estimate of drug-likeness (QED) is 0.507. The van der Waals surface area contributed by atoms with Gasteiger partial charge in [0.05, 0.1) is 12.2 Å². The molecule has 132 valence electrons. The van der Waals surface area contributed by atoms with Crippen molar-refractivity contribution in [3.05, 3.63) is 59.4 Å². The Balaban J connectivity index is 2.62. The Bertz CT molecular complexity index is 789. The first-order chi connectivity index (χ1) is 11.8. The predicted octanol–water partition coefficient (Wildman–Crippen LogP) is 3.34. The van der Waals surface area contributed by atoms with Crippen LogP contribution in [-0.4, -0.2) is 28.4 Å². The molecule has 0 bridgehead atoms. The van der Waals surface area contributed by atoms with Crippen LogP contribution in [0.1, 0.15) is 34.5 Å². The molecule has 8 heteroatoms. The van der Waals surface area contributed by atoms with Crippen molar-refractivity contribution in [2.75, 3.05) is 6.61 Å². The normalized spacial score (nSPS) is 12.5. The van der Waals surface area contributed by atoms with Crippen molar-refractivity contribution in [1.82, 2.24) is 4.98 Å². The van der Waals surface area contributed by atoms with E-state index < -0.39 is 46.4 Å². The highest BCUT2D eigenvalue weighted by molar-refractivity contribution is 6.13. The lowest BCUT2D eigenvalue weighted by Gasteiger charge is -2.19. The molecule has 0 saturated carbocycles. The minimum Gasteiger partial charge on any atom is -0.506 e. The summed E-state index contributed by atoms with van der Waals surface area (Å²) >= 11 is 0. The molecule has 1 heterocycles. The van der Waals surface area contributed by atoms with Gasteiger partial charge in [0.15, 0.2) is 0 Å². The lowest BCUT2D eigenvalue weighted by molar-refractivity contribution is -0.144. The van der Waals surface area contributed by atoms with Crippen LogP contribution in [0, 0.1) is 0 Å². The number of nitrogens with zero attached hydrogens (tertiary/aromatic N) is 1. The van der Waals surface area contributed by atoms with Gasteiger partial charge in [-0.25, -0.2) is 4.98 Å². The fourth-order valence-corrected chi connectivity index (χ4v) is 2.33. The first kappa shape index (κ1) is 18.4. The summed E-state index contributed by atoms with van der Waals surface area (Å²) in [5.41, 5.74) is -2.18. The Morgan fingerprint density at radius 1 is 1.20 bits per heavy atom. The first-order valence-electron chi connectivity index (χ1n) is 7.28.